The molecule has 0 aliphatic carbocycles. The number of aromatic nitrogens is 3. The van der Waals surface area contributed by atoms with Crippen molar-refractivity contribution in [3.8, 4) is 0 Å². The van der Waals surface area contributed by atoms with Crippen LogP contribution in [0.25, 0.3) is 16.7 Å². The Kier molecular flexibility index (Phi) is 7.18. The number of fused-ring (bicyclic) bond motifs is 2. The molecule has 176 valence electrons. The Morgan fingerprint density at radius 1 is 1.18 bits per heavy atom. The van der Waals surface area contributed by atoms with E-state index in [4.69, 9.17) is 10.1 Å². The average Bonchev–Trinajstić information content (AvgIpc) is 2.84. The van der Waals surface area contributed by atoms with E-state index in [2.05, 4.69) is 10.3 Å². The molecular weight excluding hydrogens is 430 g/mol. The van der Waals surface area contributed by atoms with Gasteiger partial charge in [-0.15, -0.1) is 0 Å². The predicted molar refractivity (Wildman–Crippen MR) is 131 cm³/mol. The zero-order valence-corrected chi connectivity index (χ0v) is 19.5. The van der Waals surface area contributed by atoms with Gasteiger partial charge in [0.2, 0.25) is 0 Å². The number of pyridine rings is 2. The Balaban J connectivity index is 1.74. The summed E-state index contributed by atoms with van der Waals surface area (Å²) in [6.07, 6.45) is 3.04. The van der Waals surface area contributed by atoms with E-state index in [-0.39, 0.29) is 22.5 Å². The monoisotopic (exact) mass is 459 g/mol. The van der Waals surface area contributed by atoms with Crippen LogP contribution in [0.15, 0.2) is 59.5 Å². The molecule has 0 saturated heterocycles. The summed E-state index contributed by atoms with van der Waals surface area (Å²) in [5.41, 5.74) is 2.87. The van der Waals surface area contributed by atoms with E-state index in [1.165, 1.54) is 10.5 Å². The molecule has 3 heterocycles. The minimum atomic E-state index is -0.380. The fraction of sp³-hybridized carbons (Fsp3) is 0.308. The summed E-state index contributed by atoms with van der Waals surface area (Å²) in [5.74, 6) is -0.380. The van der Waals surface area contributed by atoms with E-state index in [9.17, 15) is 9.59 Å². The molecule has 0 fully saturated rings. The second-order valence-corrected chi connectivity index (χ2v) is 8.19. The van der Waals surface area contributed by atoms with Gasteiger partial charge >= 0.3 is 0 Å². The fourth-order valence-electron chi connectivity index (χ4n) is 3.96. The molecule has 0 unspecified atom stereocenters. The molecule has 0 bridgehead atoms. The molecule has 8 heteroatoms. The first-order chi connectivity index (χ1) is 16.5. The summed E-state index contributed by atoms with van der Waals surface area (Å²) in [5, 5.41) is 12.0. The maximum absolute atomic E-state index is 13.3. The number of ether oxygens (including phenoxy) is 1. The lowest BCUT2D eigenvalue weighted by atomic mass is 10.1. The largest absolute Gasteiger partial charge is 0.382 e. The van der Waals surface area contributed by atoms with Gasteiger partial charge in [-0.1, -0.05) is 36.4 Å². The quantitative estimate of drug-likeness (QED) is 0.297. The van der Waals surface area contributed by atoms with Crippen molar-refractivity contribution in [2.45, 2.75) is 33.2 Å². The number of rotatable bonds is 9. The number of nitrogens with one attached hydrogen (secondary N) is 2. The topological polar surface area (TPSA) is 101 Å². The molecule has 1 aromatic carbocycles. The third-order valence-electron chi connectivity index (χ3n) is 5.72. The highest BCUT2D eigenvalue weighted by Crippen LogP contribution is 2.12. The Bertz CT molecular complexity index is 1440. The standard InChI is InChI=1S/C26H29N5O3/c1-3-34-15-7-14-30-23(27)20(25(32)28-13-12-19-8-5-4-6-9-19)16-21-24(30)29-22-11-10-18(2)17-31(22)26(21)33/h4-6,8-11,16-17,27H,3,7,12-15H2,1-2H3,(H,28,32). The molecule has 8 nitrogen and oxygen atoms in total. The molecule has 4 aromatic rings. The average molecular weight is 460 g/mol. The van der Waals surface area contributed by atoms with Crippen molar-refractivity contribution < 1.29 is 9.53 Å². The lowest BCUT2D eigenvalue weighted by molar-refractivity contribution is 0.0951. The number of amides is 1. The number of hydrogen-bond donors (Lipinski definition) is 2. The van der Waals surface area contributed by atoms with Gasteiger partial charge in [-0.3, -0.25) is 19.4 Å². The van der Waals surface area contributed by atoms with Crippen LogP contribution in [0, 0.1) is 12.3 Å². The van der Waals surface area contributed by atoms with Crippen LogP contribution in [-0.2, 0) is 17.7 Å². The highest BCUT2D eigenvalue weighted by atomic mass is 16.5. The third kappa shape index (κ3) is 4.92. The number of carbonyl (C=O) groups is 1. The first-order valence-corrected chi connectivity index (χ1v) is 11.5. The van der Waals surface area contributed by atoms with E-state index >= 15 is 0 Å². The highest BCUT2D eigenvalue weighted by Gasteiger charge is 2.17. The van der Waals surface area contributed by atoms with Crippen molar-refractivity contribution in [2.24, 2.45) is 0 Å². The van der Waals surface area contributed by atoms with Gasteiger partial charge in [0.25, 0.3) is 11.5 Å². The molecule has 2 N–H and O–H groups in total. The minimum Gasteiger partial charge on any atom is -0.382 e. The Morgan fingerprint density at radius 3 is 2.74 bits per heavy atom. The van der Waals surface area contributed by atoms with E-state index in [0.29, 0.717) is 55.8 Å². The van der Waals surface area contributed by atoms with Gasteiger partial charge in [-0.25, -0.2) is 4.98 Å². The number of aryl methyl sites for hydroxylation is 2. The van der Waals surface area contributed by atoms with Crippen molar-refractivity contribution >= 4 is 22.6 Å². The van der Waals surface area contributed by atoms with Crippen molar-refractivity contribution in [2.75, 3.05) is 19.8 Å². The molecule has 3 aromatic heterocycles. The van der Waals surface area contributed by atoms with Gasteiger partial charge in [0.15, 0.2) is 0 Å². The van der Waals surface area contributed by atoms with E-state index < -0.39 is 0 Å². The van der Waals surface area contributed by atoms with E-state index in [1.807, 2.05) is 50.2 Å². The van der Waals surface area contributed by atoms with Crippen molar-refractivity contribution in [1.29, 1.82) is 5.41 Å². The molecule has 1 amide bonds. The molecule has 0 saturated carbocycles. The second kappa shape index (κ2) is 10.4. The molecule has 0 spiro atoms. The molecular formula is C26H29N5O3. The molecule has 34 heavy (non-hydrogen) atoms. The van der Waals surface area contributed by atoms with Crippen molar-refractivity contribution in [3.63, 3.8) is 0 Å². The zero-order valence-electron chi connectivity index (χ0n) is 19.5. The van der Waals surface area contributed by atoms with Crippen LogP contribution in [-0.4, -0.2) is 39.6 Å². The lowest BCUT2D eigenvalue weighted by Gasteiger charge is -2.15. The maximum Gasteiger partial charge on any atom is 0.267 e. The summed E-state index contributed by atoms with van der Waals surface area (Å²) in [4.78, 5) is 31.1. The molecule has 0 aliphatic heterocycles. The van der Waals surface area contributed by atoms with Gasteiger partial charge in [0.1, 0.15) is 16.8 Å². The van der Waals surface area contributed by atoms with Crippen LogP contribution in [0.2, 0.25) is 0 Å². The normalized spacial score (nSPS) is 11.2. The van der Waals surface area contributed by atoms with E-state index in [1.54, 1.807) is 16.8 Å². The van der Waals surface area contributed by atoms with Gasteiger partial charge in [0.05, 0.1) is 10.9 Å². The summed E-state index contributed by atoms with van der Waals surface area (Å²) in [6, 6.07) is 15.1. The van der Waals surface area contributed by atoms with Gasteiger partial charge < -0.3 is 14.6 Å². The lowest BCUT2D eigenvalue weighted by Crippen LogP contribution is -2.36. The van der Waals surface area contributed by atoms with E-state index in [0.717, 1.165) is 11.1 Å². The second-order valence-electron chi connectivity index (χ2n) is 8.19. The third-order valence-corrected chi connectivity index (χ3v) is 5.72. The van der Waals surface area contributed by atoms with Crippen LogP contribution in [0.4, 0.5) is 0 Å². The first-order valence-electron chi connectivity index (χ1n) is 11.5. The summed E-state index contributed by atoms with van der Waals surface area (Å²) in [6.45, 7) is 5.79. The van der Waals surface area contributed by atoms with Crippen molar-refractivity contribution in [1.82, 2.24) is 19.3 Å². The van der Waals surface area contributed by atoms with Crippen LogP contribution < -0.4 is 16.4 Å². The van der Waals surface area contributed by atoms with Crippen LogP contribution in [0.3, 0.4) is 0 Å². The fourth-order valence-corrected chi connectivity index (χ4v) is 3.96. The SMILES string of the molecule is CCOCCCn1c(=N)c(C(=O)NCCc2ccccc2)cc2c(=O)n3cc(C)ccc3nc21. The molecule has 0 aliphatic rings. The van der Waals surface area contributed by atoms with Gasteiger partial charge in [-0.2, -0.15) is 0 Å². The number of benzene rings is 1. The van der Waals surface area contributed by atoms with Gasteiger partial charge in [0, 0.05) is 32.5 Å². The summed E-state index contributed by atoms with van der Waals surface area (Å²) in [7, 11) is 0. The zero-order chi connectivity index (χ0) is 24.1. The summed E-state index contributed by atoms with van der Waals surface area (Å²) >= 11 is 0. The Morgan fingerprint density at radius 2 is 1.97 bits per heavy atom. The number of carbonyl (C=O) groups excluding carboxylic acids is 1. The maximum atomic E-state index is 13.3. The summed E-state index contributed by atoms with van der Waals surface area (Å²) < 4.78 is 8.58. The Labute approximate surface area is 197 Å². The van der Waals surface area contributed by atoms with Gasteiger partial charge in [-0.05, 0) is 49.9 Å². The minimum absolute atomic E-state index is 0.0320. The van der Waals surface area contributed by atoms with Crippen LogP contribution in [0.1, 0.15) is 34.8 Å². The Hall–Kier alpha value is -3.78. The van der Waals surface area contributed by atoms with Crippen molar-refractivity contribution in [3.05, 3.63) is 87.3 Å². The smallest absolute Gasteiger partial charge is 0.267 e. The first kappa shape index (κ1) is 23.4. The van der Waals surface area contributed by atoms with Crippen LogP contribution >= 0.6 is 0 Å². The van der Waals surface area contributed by atoms with Crippen LogP contribution in [0.5, 0.6) is 0 Å². The predicted octanol–water partition coefficient (Wildman–Crippen LogP) is 2.84. The number of nitrogens with zero attached hydrogens (tertiary/aromatic N) is 3. The highest BCUT2D eigenvalue weighted by molar-refractivity contribution is 5.96. The number of hydrogen-bond acceptors (Lipinski definition) is 5. The molecule has 4 rings (SSSR count). The molecule has 0 atom stereocenters. The molecule has 0 radical (unpaired) electrons.